The minimum absolute atomic E-state index is 0.0752. The summed E-state index contributed by atoms with van der Waals surface area (Å²) in [6, 6.07) is 0.0752. The van der Waals surface area contributed by atoms with Crippen LogP contribution in [-0.4, -0.2) is 33.5 Å². The zero-order chi connectivity index (χ0) is 13.3. The van der Waals surface area contributed by atoms with E-state index in [1.165, 1.54) is 0 Å². The van der Waals surface area contributed by atoms with Crippen molar-refractivity contribution in [2.45, 2.75) is 45.8 Å². The summed E-state index contributed by atoms with van der Waals surface area (Å²) in [5, 5.41) is 13.9. The number of carbonyl (C=O) groups is 1. The standard InChI is InChI=1S/C12H20N4O2/c1-7-5-6-13-8(7)9-10(15-16-14-9)11(17)18-12(2,3)4/h7-8,13H,5-6H2,1-4H3,(H,14,15,16). The van der Waals surface area contributed by atoms with Gasteiger partial charge in [0.1, 0.15) is 11.3 Å². The Hall–Kier alpha value is -1.43. The maximum absolute atomic E-state index is 12.0. The van der Waals surface area contributed by atoms with Gasteiger partial charge in [0.05, 0.1) is 6.04 Å². The van der Waals surface area contributed by atoms with E-state index >= 15 is 0 Å². The van der Waals surface area contributed by atoms with Crippen molar-refractivity contribution in [2.24, 2.45) is 5.92 Å². The molecule has 1 aromatic heterocycles. The van der Waals surface area contributed by atoms with E-state index in [2.05, 4.69) is 27.7 Å². The summed E-state index contributed by atoms with van der Waals surface area (Å²) in [5.74, 6) is 0.0171. The summed E-state index contributed by atoms with van der Waals surface area (Å²) in [7, 11) is 0. The van der Waals surface area contributed by atoms with Crippen LogP contribution in [0.2, 0.25) is 0 Å². The van der Waals surface area contributed by atoms with Crippen LogP contribution < -0.4 is 5.32 Å². The van der Waals surface area contributed by atoms with Crippen molar-refractivity contribution in [1.82, 2.24) is 20.7 Å². The normalized spacial score (nSPS) is 24.2. The Bertz CT molecular complexity index is 436. The van der Waals surface area contributed by atoms with Crippen molar-refractivity contribution < 1.29 is 9.53 Å². The highest BCUT2D eigenvalue weighted by atomic mass is 16.6. The molecule has 2 heterocycles. The molecule has 2 rings (SSSR count). The van der Waals surface area contributed by atoms with Crippen molar-refractivity contribution in [3.63, 3.8) is 0 Å². The summed E-state index contributed by atoms with van der Waals surface area (Å²) in [6.45, 7) is 8.58. The van der Waals surface area contributed by atoms with Gasteiger partial charge in [-0.2, -0.15) is 10.3 Å². The lowest BCUT2D eigenvalue weighted by Crippen LogP contribution is -2.26. The predicted molar refractivity (Wildman–Crippen MR) is 66.1 cm³/mol. The van der Waals surface area contributed by atoms with Gasteiger partial charge in [-0.05, 0) is 39.7 Å². The molecule has 6 heteroatoms. The van der Waals surface area contributed by atoms with E-state index < -0.39 is 11.6 Å². The third-order valence-electron chi connectivity index (χ3n) is 2.99. The molecule has 2 unspecified atom stereocenters. The van der Waals surface area contributed by atoms with Crippen LogP contribution in [0.1, 0.15) is 56.3 Å². The molecule has 1 fully saturated rings. The van der Waals surface area contributed by atoms with Gasteiger partial charge in [-0.3, -0.25) is 0 Å². The van der Waals surface area contributed by atoms with E-state index in [1.54, 1.807) is 0 Å². The van der Waals surface area contributed by atoms with Crippen molar-refractivity contribution in [3.8, 4) is 0 Å². The van der Waals surface area contributed by atoms with Gasteiger partial charge >= 0.3 is 5.97 Å². The lowest BCUT2D eigenvalue weighted by Gasteiger charge is -2.20. The lowest BCUT2D eigenvalue weighted by molar-refractivity contribution is 0.00606. The zero-order valence-corrected chi connectivity index (χ0v) is 11.3. The smallest absolute Gasteiger partial charge is 0.361 e. The highest BCUT2D eigenvalue weighted by Crippen LogP contribution is 2.29. The number of carbonyl (C=O) groups excluding carboxylic acids is 1. The molecular formula is C12H20N4O2. The summed E-state index contributed by atoms with van der Waals surface area (Å²) in [5.41, 5.74) is 0.424. The second kappa shape index (κ2) is 4.68. The van der Waals surface area contributed by atoms with Crippen LogP contribution >= 0.6 is 0 Å². The van der Waals surface area contributed by atoms with Crippen LogP contribution in [0.15, 0.2) is 0 Å². The Labute approximate surface area is 106 Å². The minimum atomic E-state index is -0.526. The highest BCUT2D eigenvalue weighted by Gasteiger charge is 2.32. The second-order valence-electron chi connectivity index (χ2n) is 5.76. The maximum Gasteiger partial charge on any atom is 0.361 e. The Balaban J connectivity index is 2.20. The van der Waals surface area contributed by atoms with E-state index in [9.17, 15) is 4.79 Å². The maximum atomic E-state index is 12.0. The van der Waals surface area contributed by atoms with Gasteiger partial charge in [0.15, 0.2) is 5.69 Å². The quantitative estimate of drug-likeness (QED) is 0.778. The third kappa shape index (κ3) is 2.69. The molecule has 100 valence electrons. The third-order valence-corrected chi connectivity index (χ3v) is 2.99. The molecule has 1 aliphatic rings. The van der Waals surface area contributed by atoms with Crippen molar-refractivity contribution in [3.05, 3.63) is 11.4 Å². The number of H-pyrrole nitrogens is 1. The van der Waals surface area contributed by atoms with Crippen LogP contribution in [-0.2, 0) is 4.74 Å². The molecular weight excluding hydrogens is 232 g/mol. The first kappa shape index (κ1) is 13.0. The monoisotopic (exact) mass is 252 g/mol. The van der Waals surface area contributed by atoms with E-state index in [-0.39, 0.29) is 11.7 Å². The number of nitrogens with zero attached hydrogens (tertiary/aromatic N) is 2. The predicted octanol–water partition coefficient (Wildman–Crippen LogP) is 1.43. The number of rotatable bonds is 2. The number of ether oxygens (including phenoxy) is 1. The fourth-order valence-electron chi connectivity index (χ4n) is 2.13. The van der Waals surface area contributed by atoms with E-state index in [0.29, 0.717) is 11.6 Å². The van der Waals surface area contributed by atoms with Crippen LogP contribution in [0, 0.1) is 5.92 Å². The average molecular weight is 252 g/mol. The summed E-state index contributed by atoms with van der Waals surface area (Å²) >= 11 is 0. The average Bonchev–Trinajstić information content (AvgIpc) is 2.82. The Morgan fingerprint density at radius 3 is 2.67 bits per heavy atom. The Morgan fingerprint density at radius 2 is 2.11 bits per heavy atom. The molecule has 2 N–H and O–H groups in total. The van der Waals surface area contributed by atoms with Crippen LogP contribution in [0.5, 0.6) is 0 Å². The number of hydrogen-bond acceptors (Lipinski definition) is 5. The first-order valence-electron chi connectivity index (χ1n) is 6.26. The second-order valence-corrected chi connectivity index (χ2v) is 5.76. The number of esters is 1. The molecule has 2 atom stereocenters. The van der Waals surface area contributed by atoms with Gasteiger partial charge in [-0.15, -0.1) is 5.10 Å². The number of hydrogen-bond donors (Lipinski definition) is 2. The SMILES string of the molecule is CC1CCNC1c1n[nH]nc1C(=O)OC(C)(C)C. The molecule has 0 aliphatic carbocycles. The van der Waals surface area contributed by atoms with Gasteiger partial charge in [-0.1, -0.05) is 6.92 Å². The number of aromatic nitrogens is 3. The molecule has 0 amide bonds. The van der Waals surface area contributed by atoms with Gasteiger partial charge in [0.25, 0.3) is 0 Å². The molecule has 0 spiro atoms. The topological polar surface area (TPSA) is 79.9 Å². The first-order chi connectivity index (χ1) is 8.38. The minimum Gasteiger partial charge on any atom is -0.455 e. The molecule has 1 saturated heterocycles. The molecule has 0 saturated carbocycles. The number of aromatic amines is 1. The Kier molecular flexibility index (Phi) is 3.38. The van der Waals surface area contributed by atoms with Gasteiger partial charge in [-0.25, -0.2) is 4.79 Å². The van der Waals surface area contributed by atoms with Crippen molar-refractivity contribution in [2.75, 3.05) is 6.54 Å². The van der Waals surface area contributed by atoms with E-state index in [1.807, 2.05) is 20.8 Å². The summed E-state index contributed by atoms with van der Waals surface area (Å²) < 4.78 is 5.33. The molecule has 6 nitrogen and oxygen atoms in total. The molecule has 1 aliphatic heterocycles. The number of nitrogens with one attached hydrogen (secondary N) is 2. The largest absolute Gasteiger partial charge is 0.455 e. The van der Waals surface area contributed by atoms with Gasteiger partial charge in [0, 0.05) is 0 Å². The fraction of sp³-hybridized carbons (Fsp3) is 0.750. The van der Waals surface area contributed by atoms with Crippen molar-refractivity contribution in [1.29, 1.82) is 0 Å². The summed E-state index contributed by atoms with van der Waals surface area (Å²) in [4.78, 5) is 12.0. The van der Waals surface area contributed by atoms with E-state index in [0.717, 1.165) is 13.0 Å². The lowest BCUT2D eigenvalue weighted by atomic mass is 9.99. The van der Waals surface area contributed by atoms with Gasteiger partial charge < -0.3 is 10.1 Å². The molecule has 0 radical (unpaired) electrons. The highest BCUT2D eigenvalue weighted by molar-refractivity contribution is 5.88. The van der Waals surface area contributed by atoms with Gasteiger partial charge in [0.2, 0.25) is 0 Å². The summed E-state index contributed by atoms with van der Waals surface area (Å²) in [6.07, 6.45) is 1.07. The van der Waals surface area contributed by atoms with Crippen LogP contribution in [0.25, 0.3) is 0 Å². The molecule has 0 bridgehead atoms. The first-order valence-corrected chi connectivity index (χ1v) is 6.26. The van der Waals surface area contributed by atoms with Crippen LogP contribution in [0.4, 0.5) is 0 Å². The molecule has 18 heavy (non-hydrogen) atoms. The Morgan fingerprint density at radius 1 is 1.39 bits per heavy atom. The fourth-order valence-corrected chi connectivity index (χ4v) is 2.13. The van der Waals surface area contributed by atoms with E-state index in [4.69, 9.17) is 4.74 Å². The van der Waals surface area contributed by atoms with Crippen LogP contribution in [0.3, 0.4) is 0 Å². The zero-order valence-electron chi connectivity index (χ0n) is 11.3. The van der Waals surface area contributed by atoms with Crippen molar-refractivity contribution >= 4 is 5.97 Å². The molecule has 1 aromatic rings. The molecule has 0 aromatic carbocycles.